The summed E-state index contributed by atoms with van der Waals surface area (Å²) in [6.45, 7) is 6.52. The van der Waals surface area contributed by atoms with Crippen LogP contribution in [-0.4, -0.2) is 69.4 Å². The largest absolute Gasteiger partial charge is 0.477 e. The molecule has 1 saturated heterocycles. The van der Waals surface area contributed by atoms with Crippen LogP contribution in [0.4, 0.5) is 5.13 Å². The van der Waals surface area contributed by atoms with Crippen LogP contribution in [0.3, 0.4) is 0 Å². The van der Waals surface area contributed by atoms with Gasteiger partial charge in [-0.15, -0.1) is 0 Å². The number of nitrogens with two attached hydrogens (primary N) is 1. The summed E-state index contributed by atoms with van der Waals surface area (Å²) in [5.74, 6) is -2.06. The first-order chi connectivity index (χ1) is 15.7. The van der Waals surface area contributed by atoms with Gasteiger partial charge in [-0.3, -0.25) is 9.59 Å². The number of aryl methyl sites for hydroxylation is 1. The molecule has 2 aromatic heterocycles. The lowest BCUT2D eigenvalue weighted by atomic mass is 9.85. The van der Waals surface area contributed by atoms with Crippen LogP contribution in [0.1, 0.15) is 70.1 Å². The van der Waals surface area contributed by atoms with Gasteiger partial charge in [0.15, 0.2) is 21.9 Å². The van der Waals surface area contributed by atoms with E-state index >= 15 is 0 Å². The quantitative estimate of drug-likeness (QED) is 0.420. The third kappa shape index (κ3) is 5.43. The lowest BCUT2D eigenvalue weighted by Gasteiger charge is -2.40. The number of carbonyl (C=O) groups is 3. The molecule has 1 aliphatic rings. The van der Waals surface area contributed by atoms with E-state index in [0.29, 0.717) is 43.4 Å². The molecular weight excluding hydrogens is 470 g/mol. The van der Waals surface area contributed by atoms with Gasteiger partial charge in [0.1, 0.15) is 10.6 Å². The lowest BCUT2D eigenvalue weighted by Crippen LogP contribution is -2.54. The number of halogens is 1. The molecule has 2 aromatic rings. The van der Waals surface area contributed by atoms with Crippen LogP contribution in [0, 0.1) is 5.92 Å². The van der Waals surface area contributed by atoms with Crippen LogP contribution < -0.4 is 10.6 Å². The van der Waals surface area contributed by atoms with Gasteiger partial charge in [0, 0.05) is 32.5 Å². The Balaban J connectivity index is 1.81. The Morgan fingerprint density at radius 1 is 1.36 bits per heavy atom. The molecule has 0 amide bonds. The predicted molar refractivity (Wildman–Crippen MR) is 125 cm³/mol. The first kappa shape index (κ1) is 25.3. The number of carboxylic acid groups (broad SMARTS) is 1. The van der Waals surface area contributed by atoms with E-state index in [1.54, 1.807) is 0 Å². The molecule has 33 heavy (non-hydrogen) atoms. The van der Waals surface area contributed by atoms with Crippen molar-refractivity contribution in [3.05, 3.63) is 27.2 Å². The zero-order valence-corrected chi connectivity index (χ0v) is 20.3. The summed E-state index contributed by atoms with van der Waals surface area (Å²) in [4.78, 5) is 49.6. The summed E-state index contributed by atoms with van der Waals surface area (Å²) in [5.41, 5.74) is 7.02. The minimum atomic E-state index is -1.19. The number of hydrogen-bond acceptors (Lipinski definition) is 9. The zero-order chi connectivity index (χ0) is 24.3. The highest BCUT2D eigenvalue weighted by atomic mass is 35.5. The Bertz CT molecular complexity index is 1010. The molecule has 180 valence electrons. The molecule has 3 atom stereocenters. The SMILES string of the molecule is CCCO[C@H]1CN(c2nc(C(C)=O)c(C(=O)O)s2)CCC1C(N)C(=O)c1nc(Cl)c(CC)[nH]1. The molecule has 0 radical (unpaired) electrons. The minimum Gasteiger partial charge on any atom is -0.477 e. The number of rotatable bonds is 10. The van der Waals surface area contributed by atoms with Crippen LogP contribution in [0.2, 0.25) is 5.15 Å². The number of Topliss-reactive ketones (excluding diaryl/α,β-unsaturated/α-hetero) is 2. The van der Waals surface area contributed by atoms with Crippen molar-refractivity contribution in [1.29, 1.82) is 0 Å². The van der Waals surface area contributed by atoms with Gasteiger partial charge in [0.2, 0.25) is 5.78 Å². The second kappa shape index (κ2) is 10.7. The van der Waals surface area contributed by atoms with Crippen LogP contribution in [-0.2, 0) is 11.2 Å². The van der Waals surface area contributed by atoms with Gasteiger partial charge in [-0.2, -0.15) is 0 Å². The summed E-state index contributed by atoms with van der Waals surface area (Å²) in [5, 5.41) is 10.1. The molecular formula is C21H28ClN5O5S. The molecule has 1 aliphatic heterocycles. The standard InChI is InChI=1S/C21H28ClN5O5S/c1-4-8-32-13-9-27(21-25-15(10(3)28)17(33-21)20(30)31)7-6-11(13)14(23)16(29)19-24-12(5-2)18(22)26-19/h11,13-14H,4-9,23H2,1-3H3,(H,24,26)(H,30,31)/t11?,13-,14?/m0/s1. The van der Waals surface area contributed by atoms with Crippen molar-refractivity contribution in [2.24, 2.45) is 11.7 Å². The Labute approximate surface area is 200 Å². The summed E-state index contributed by atoms with van der Waals surface area (Å²) in [6.07, 6.45) is 1.54. The van der Waals surface area contributed by atoms with Crippen molar-refractivity contribution >= 4 is 45.6 Å². The summed E-state index contributed by atoms with van der Waals surface area (Å²) < 4.78 is 6.05. The number of aromatic nitrogens is 3. The minimum absolute atomic E-state index is 0.0519. The first-order valence-electron chi connectivity index (χ1n) is 10.8. The van der Waals surface area contributed by atoms with Gasteiger partial charge in [0.05, 0.1) is 17.8 Å². The number of nitrogens with zero attached hydrogens (tertiary/aromatic N) is 3. The molecule has 4 N–H and O–H groups in total. The zero-order valence-electron chi connectivity index (χ0n) is 18.8. The van der Waals surface area contributed by atoms with E-state index in [-0.39, 0.29) is 39.4 Å². The number of hydrogen-bond donors (Lipinski definition) is 3. The van der Waals surface area contributed by atoms with Gasteiger partial charge in [-0.25, -0.2) is 14.8 Å². The fourth-order valence-corrected chi connectivity index (χ4v) is 5.14. The molecule has 1 fully saturated rings. The molecule has 0 aromatic carbocycles. The number of aromatic amines is 1. The molecule has 0 bridgehead atoms. The normalized spacial score (nSPS) is 19.5. The number of ether oxygens (including phenoxy) is 1. The maximum atomic E-state index is 13.0. The second-order valence-electron chi connectivity index (χ2n) is 7.94. The highest BCUT2D eigenvalue weighted by molar-refractivity contribution is 7.17. The van der Waals surface area contributed by atoms with Gasteiger partial charge in [-0.1, -0.05) is 36.8 Å². The Kier molecular flexibility index (Phi) is 8.22. The van der Waals surface area contributed by atoms with Crippen molar-refractivity contribution in [3.63, 3.8) is 0 Å². The highest BCUT2D eigenvalue weighted by Crippen LogP contribution is 2.32. The Hall–Kier alpha value is -2.34. The summed E-state index contributed by atoms with van der Waals surface area (Å²) in [6, 6.07) is -0.848. The number of piperidine rings is 1. The predicted octanol–water partition coefficient (Wildman–Crippen LogP) is 2.81. The molecule has 0 saturated carbocycles. The number of imidazole rings is 1. The van der Waals surface area contributed by atoms with Crippen molar-refractivity contribution in [2.75, 3.05) is 24.6 Å². The number of ketones is 2. The van der Waals surface area contributed by atoms with Crippen molar-refractivity contribution in [2.45, 2.75) is 52.2 Å². The lowest BCUT2D eigenvalue weighted by molar-refractivity contribution is -0.00142. The fraction of sp³-hybridized carbons (Fsp3) is 0.571. The number of thiazole rings is 1. The van der Waals surface area contributed by atoms with E-state index in [0.717, 1.165) is 17.8 Å². The number of carbonyl (C=O) groups excluding carboxylic acids is 2. The van der Waals surface area contributed by atoms with Crippen LogP contribution in [0.25, 0.3) is 0 Å². The summed E-state index contributed by atoms with van der Waals surface area (Å²) in [7, 11) is 0. The van der Waals surface area contributed by atoms with Crippen molar-refractivity contribution < 1.29 is 24.2 Å². The molecule has 3 heterocycles. The van der Waals surface area contributed by atoms with E-state index in [1.807, 2.05) is 18.7 Å². The van der Waals surface area contributed by atoms with E-state index in [9.17, 15) is 19.5 Å². The topological polar surface area (TPSA) is 151 Å². The van der Waals surface area contributed by atoms with Crippen LogP contribution >= 0.6 is 22.9 Å². The molecule has 0 spiro atoms. The maximum Gasteiger partial charge on any atom is 0.348 e. The van der Waals surface area contributed by atoms with E-state index in [4.69, 9.17) is 22.1 Å². The van der Waals surface area contributed by atoms with Gasteiger partial charge < -0.3 is 25.5 Å². The molecule has 10 nitrogen and oxygen atoms in total. The smallest absolute Gasteiger partial charge is 0.348 e. The molecule has 12 heteroatoms. The highest BCUT2D eigenvalue weighted by Gasteiger charge is 2.39. The second-order valence-corrected chi connectivity index (χ2v) is 9.28. The fourth-order valence-electron chi connectivity index (χ4n) is 3.88. The van der Waals surface area contributed by atoms with E-state index in [2.05, 4.69) is 15.0 Å². The Morgan fingerprint density at radius 2 is 2.09 bits per heavy atom. The Morgan fingerprint density at radius 3 is 2.64 bits per heavy atom. The monoisotopic (exact) mass is 497 g/mol. The number of nitrogens with one attached hydrogen (secondary N) is 1. The maximum absolute atomic E-state index is 13.0. The van der Waals surface area contributed by atoms with Crippen LogP contribution in [0.15, 0.2) is 0 Å². The third-order valence-electron chi connectivity index (χ3n) is 5.64. The van der Waals surface area contributed by atoms with Crippen molar-refractivity contribution in [1.82, 2.24) is 15.0 Å². The van der Waals surface area contributed by atoms with Crippen molar-refractivity contribution in [3.8, 4) is 0 Å². The van der Waals surface area contributed by atoms with Gasteiger partial charge in [-0.05, 0) is 19.3 Å². The van der Waals surface area contributed by atoms with E-state index < -0.39 is 17.8 Å². The number of H-pyrrole nitrogens is 1. The van der Waals surface area contributed by atoms with E-state index in [1.165, 1.54) is 6.92 Å². The molecule has 2 unspecified atom stereocenters. The summed E-state index contributed by atoms with van der Waals surface area (Å²) >= 11 is 7.04. The molecule has 3 rings (SSSR count). The van der Waals surface area contributed by atoms with Crippen LogP contribution in [0.5, 0.6) is 0 Å². The first-order valence-corrected chi connectivity index (χ1v) is 12.0. The average Bonchev–Trinajstić information content (AvgIpc) is 3.40. The molecule has 0 aliphatic carbocycles. The average molecular weight is 498 g/mol. The third-order valence-corrected chi connectivity index (χ3v) is 7.06. The number of carboxylic acids is 1. The number of anilines is 1. The van der Waals surface area contributed by atoms with Gasteiger partial charge >= 0.3 is 5.97 Å². The van der Waals surface area contributed by atoms with Gasteiger partial charge in [0.25, 0.3) is 0 Å². The number of aromatic carboxylic acids is 1.